The molecule has 0 aliphatic heterocycles. The Kier molecular flexibility index (Phi) is 8.14. The second kappa shape index (κ2) is 9.34. The molecular weight excluding hydrogens is 288 g/mol. The maximum Gasteiger partial charge on any atom is 0.185 e. The quantitative estimate of drug-likeness (QED) is 0.363. The van der Waals surface area contributed by atoms with Crippen LogP contribution < -0.4 is 21.5 Å². The number of unbranched alkanes of at least 4 members (excludes halogenated alkanes) is 1. The molecule has 0 radical (unpaired) electrons. The highest BCUT2D eigenvalue weighted by Crippen LogP contribution is 2.29. The molecule has 0 bridgehead atoms. The molecule has 20 heavy (non-hydrogen) atoms. The molecule has 6 heteroatoms. The number of rotatable bonds is 4. The van der Waals surface area contributed by atoms with Crippen molar-refractivity contribution in [2.45, 2.75) is 58.9 Å². The molecular formula is C14H28N4S2. The minimum atomic E-state index is 0.460. The molecule has 4 N–H and O–H groups in total. The summed E-state index contributed by atoms with van der Waals surface area (Å²) >= 11 is 10.5. The lowest BCUT2D eigenvalue weighted by Crippen LogP contribution is -2.54. The van der Waals surface area contributed by atoms with Crippen molar-refractivity contribution >= 4 is 34.7 Å². The van der Waals surface area contributed by atoms with Gasteiger partial charge in [0.25, 0.3) is 0 Å². The molecule has 0 aromatic carbocycles. The third kappa shape index (κ3) is 6.22. The number of thiocarbonyl (C=S) groups is 2. The summed E-state index contributed by atoms with van der Waals surface area (Å²) in [6.45, 7) is 7.66. The third-order valence-corrected chi connectivity index (χ3v) is 4.60. The van der Waals surface area contributed by atoms with Gasteiger partial charge in [-0.05, 0) is 49.1 Å². The molecule has 4 nitrogen and oxygen atoms in total. The van der Waals surface area contributed by atoms with Crippen molar-refractivity contribution in [1.82, 2.24) is 21.5 Å². The molecule has 0 amide bonds. The zero-order valence-corrected chi connectivity index (χ0v) is 14.4. The molecule has 0 saturated heterocycles. The predicted molar refractivity (Wildman–Crippen MR) is 93.5 cm³/mol. The Hall–Kier alpha value is -0.620. The van der Waals surface area contributed by atoms with Crippen molar-refractivity contribution in [3.8, 4) is 0 Å². The number of hydrogen-bond acceptors (Lipinski definition) is 2. The van der Waals surface area contributed by atoms with Gasteiger partial charge in [-0.2, -0.15) is 0 Å². The van der Waals surface area contributed by atoms with Gasteiger partial charge in [0.15, 0.2) is 10.2 Å². The average Bonchev–Trinajstić information content (AvgIpc) is 2.42. The summed E-state index contributed by atoms with van der Waals surface area (Å²) in [7, 11) is 0. The highest BCUT2D eigenvalue weighted by atomic mass is 32.1. The van der Waals surface area contributed by atoms with Crippen LogP contribution in [0.25, 0.3) is 0 Å². The molecule has 116 valence electrons. The van der Waals surface area contributed by atoms with E-state index < -0.39 is 0 Å². The molecule has 1 rings (SSSR count). The van der Waals surface area contributed by atoms with Gasteiger partial charge in [-0.3, -0.25) is 10.9 Å². The van der Waals surface area contributed by atoms with Crippen LogP contribution in [0.1, 0.15) is 52.9 Å². The number of nitrogens with one attached hydrogen (secondary N) is 4. The fourth-order valence-electron chi connectivity index (χ4n) is 2.53. The van der Waals surface area contributed by atoms with Crippen LogP contribution in [0.5, 0.6) is 0 Å². The van der Waals surface area contributed by atoms with Crippen molar-refractivity contribution in [3.63, 3.8) is 0 Å². The minimum Gasteiger partial charge on any atom is -0.361 e. The molecule has 0 aromatic heterocycles. The Balaban J connectivity index is 2.21. The van der Waals surface area contributed by atoms with Crippen molar-refractivity contribution in [1.29, 1.82) is 0 Å². The van der Waals surface area contributed by atoms with Crippen molar-refractivity contribution in [3.05, 3.63) is 0 Å². The normalized spacial score (nSPS) is 25.6. The van der Waals surface area contributed by atoms with Crippen LogP contribution in [0.3, 0.4) is 0 Å². The molecule has 1 aliphatic rings. The van der Waals surface area contributed by atoms with Gasteiger partial charge < -0.3 is 10.6 Å². The Morgan fingerprint density at radius 2 is 1.80 bits per heavy atom. The summed E-state index contributed by atoms with van der Waals surface area (Å²) in [5.74, 6) is 1.41. The van der Waals surface area contributed by atoms with E-state index in [1.165, 1.54) is 19.3 Å². The zero-order chi connectivity index (χ0) is 15.0. The van der Waals surface area contributed by atoms with E-state index in [1.807, 2.05) is 0 Å². The maximum absolute atomic E-state index is 5.31. The molecule has 3 atom stereocenters. The smallest absolute Gasteiger partial charge is 0.185 e. The van der Waals surface area contributed by atoms with Crippen LogP contribution in [0.2, 0.25) is 0 Å². The second-order valence-corrected chi connectivity index (χ2v) is 6.52. The first-order valence-corrected chi connectivity index (χ1v) is 8.46. The van der Waals surface area contributed by atoms with E-state index in [2.05, 4.69) is 42.3 Å². The highest BCUT2D eigenvalue weighted by molar-refractivity contribution is 7.80. The van der Waals surface area contributed by atoms with Gasteiger partial charge in [-0.15, -0.1) is 0 Å². The maximum atomic E-state index is 5.31. The molecule has 1 aliphatic carbocycles. The summed E-state index contributed by atoms with van der Waals surface area (Å²) in [6, 6.07) is 0.460. The van der Waals surface area contributed by atoms with Crippen LogP contribution in [-0.2, 0) is 0 Å². The van der Waals surface area contributed by atoms with Gasteiger partial charge >= 0.3 is 0 Å². The van der Waals surface area contributed by atoms with E-state index in [1.54, 1.807) is 0 Å². The predicted octanol–water partition coefficient (Wildman–Crippen LogP) is 2.45. The summed E-state index contributed by atoms with van der Waals surface area (Å²) < 4.78 is 0. The molecule has 0 heterocycles. The van der Waals surface area contributed by atoms with Crippen LogP contribution in [-0.4, -0.2) is 22.8 Å². The monoisotopic (exact) mass is 316 g/mol. The van der Waals surface area contributed by atoms with Crippen LogP contribution in [0.4, 0.5) is 0 Å². The molecule has 0 spiro atoms. The average molecular weight is 317 g/mol. The van der Waals surface area contributed by atoms with Gasteiger partial charge in [0, 0.05) is 12.6 Å². The molecule has 0 unspecified atom stereocenters. The second-order valence-electron chi connectivity index (χ2n) is 5.71. The van der Waals surface area contributed by atoms with Crippen molar-refractivity contribution < 1.29 is 0 Å². The Morgan fingerprint density at radius 1 is 1.10 bits per heavy atom. The highest BCUT2D eigenvalue weighted by Gasteiger charge is 2.27. The van der Waals surface area contributed by atoms with Crippen molar-refractivity contribution in [2.75, 3.05) is 6.54 Å². The molecule has 1 fully saturated rings. The van der Waals surface area contributed by atoms with Gasteiger partial charge in [-0.1, -0.05) is 40.0 Å². The van der Waals surface area contributed by atoms with Gasteiger partial charge in [0.05, 0.1) is 0 Å². The van der Waals surface area contributed by atoms with E-state index in [-0.39, 0.29) is 0 Å². The number of hydrogen-bond donors (Lipinski definition) is 4. The SMILES string of the molecule is CCCCNC(=S)NNC(=S)N[C@H]1CCC[C@H](C)[C@@H]1C. The fraction of sp³-hybridized carbons (Fsp3) is 0.857. The van der Waals surface area contributed by atoms with E-state index in [4.69, 9.17) is 24.4 Å². The molecule has 1 saturated carbocycles. The van der Waals surface area contributed by atoms with Gasteiger partial charge in [0.1, 0.15) is 0 Å². The lowest BCUT2D eigenvalue weighted by atomic mass is 9.78. The fourth-order valence-corrected chi connectivity index (χ4v) is 2.88. The lowest BCUT2D eigenvalue weighted by Gasteiger charge is -2.35. The van der Waals surface area contributed by atoms with Crippen LogP contribution >= 0.6 is 24.4 Å². The topological polar surface area (TPSA) is 48.1 Å². The molecule has 0 aromatic rings. The number of hydrazine groups is 1. The summed E-state index contributed by atoms with van der Waals surface area (Å²) in [4.78, 5) is 0. The first-order chi connectivity index (χ1) is 9.54. The first-order valence-electron chi connectivity index (χ1n) is 7.65. The van der Waals surface area contributed by atoms with Gasteiger partial charge in [0.2, 0.25) is 0 Å². The Labute approximate surface area is 133 Å². The van der Waals surface area contributed by atoms with Crippen LogP contribution in [0.15, 0.2) is 0 Å². The Morgan fingerprint density at radius 3 is 2.50 bits per heavy atom. The van der Waals surface area contributed by atoms with Crippen molar-refractivity contribution in [2.24, 2.45) is 11.8 Å². The largest absolute Gasteiger partial charge is 0.361 e. The Bertz CT molecular complexity index is 322. The standard InChI is InChI=1S/C14H28N4S2/c1-4-5-9-15-13(19)17-18-14(20)16-12-8-6-7-10(2)11(12)3/h10-12H,4-9H2,1-3H3,(H2,15,17,19)(H2,16,18,20)/t10-,11-,12-/m0/s1. The van der Waals surface area contributed by atoms with E-state index in [9.17, 15) is 0 Å². The zero-order valence-electron chi connectivity index (χ0n) is 12.8. The van der Waals surface area contributed by atoms with E-state index in [0.29, 0.717) is 22.2 Å². The summed E-state index contributed by atoms with van der Waals surface area (Å²) in [5, 5.41) is 7.73. The van der Waals surface area contributed by atoms with E-state index >= 15 is 0 Å². The lowest BCUT2D eigenvalue weighted by molar-refractivity contribution is 0.224. The van der Waals surface area contributed by atoms with Gasteiger partial charge in [-0.25, -0.2) is 0 Å². The first kappa shape index (κ1) is 17.4. The summed E-state index contributed by atoms with van der Waals surface area (Å²) in [5.41, 5.74) is 5.88. The van der Waals surface area contributed by atoms with Crippen LogP contribution in [0, 0.1) is 11.8 Å². The third-order valence-electron chi connectivity index (χ3n) is 4.13. The minimum absolute atomic E-state index is 0.460. The van der Waals surface area contributed by atoms with E-state index in [0.717, 1.165) is 25.3 Å². The summed E-state index contributed by atoms with van der Waals surface area (Å²) in [6.07, 6.45) is 6.05.